The summed E-state index contributed by atoms with van der Waals surface area (Å²) in [5.74, 6) is 0.527. The molecule has 1 aliphatic rings. The van der Waals surface area contributed by atoms with E-state index in [0.29, 0.717) is 18.1 Å². The molecule has 0 unspecified atom stereocenters. The molecule has 0 bridgehead atoms. The quantitative estimate of drug-likeness (QED) is 0.588. The normalized spacial score (nSPS) is 19.4. The molecule has 0 saturated carbocycles. The zero-order chi connectivity index (χ0) is 22.2. The average Bonchev–Trinajstić information content (AvgIpc) is 2.77. The number of piperidine rings is 1. The zero-order valence-electron chi connectivity index (χ0n) is 18.5. The number of benzene rings is 2. The third-order valence-electron chi connectivity index (χ3n) is 5.53. The molecule has 0 aliphatic carbocycles. The van der Waals surface area contributed by atoms with Crippen molar-refractivity contribution in [2.45, 2.75) is 64.8 Å². The van der Waals surface area contributed by atoms with Crippen LogP contribution in [-0.2, 0) is 20.9 Å². The SMILES string of the molecule is C[C@@H]1CCC[C@@H](C)N1C(=O)[C@@H](C)OC(=O)COc1ccc(OCc2ccccc2)cc1. The van der Waals surface area contributed by atoms with Crippen molar-refractivity contribution in [2.24, 2.45) is 0 Å². The van der Waals surface area contributed by atoms with E-state index in [9.17, 15) is 9.59 Å². The van der Waals surface area contributed by atoms with Gasteiger partial charge in [-0.3, -0.25) is 4.79 Å². The summed E-state index contributed by atoms with van der Waals surface area (Å²) in [7, 11) is 0. The minimum Gasteiger partial charge on any atom is -0.489 e. The Bertz CT molecular complexity index is 842. The zero-order valence-corrected chi connectivity index (χ0v) is 18.5. The van der Waals surface area contributed by atoms with Crippen LogP contribution in [-0.4, -0.2) is 41.6 Å². The van der Waals surface area contributed by atoms with Crippen molar-refractivity contribution in [3.05, 3.63) is 60.2 Å². The molecule has 0 aromatic heterocycles. The van der Waals surface area contributed by atoms with Crippen molar-refractivity contribution < 1.29 is 23.8 Å². The molecule has 3 rings (SSSR count). The van der Waals surface area contributed by atoms with Crippen LogP contribution in [0.4, 0.5) is 0 Å². The minimum absolute atomic E-state index is 0.145. The number of likely N-dealkylation sites (tertiary alicyclic amines) is 1. The first-order valence-electron chi connectivity index (χ1n) is 10.9. The second-order valence-electron chi connectivity index (χ2n) is 8.04. The van der Waals surface area contributed by atoms with E-state index in [0.717, 1.165) is 24.8 Å². The maximum atomic E-state index is 12.7. The molecule has 166 valence electrons. The number of amides is 1. The van der Waals surface area contributed by atoms with Crippen LogP contribution in [0.3, 0.4) is 0 Å². The fraction of sp³-hybridized carbons (Fsp3) is 0.440. The summed E-state index contributed by atoms with van der Waals surface area (Å²) < 4.78 is 16.6. The molecule has 1 fully saturated rings. The highest BCUT2D eigenvalue weighted by atomic mass is 16.6. The van der Waals surface area contributed by atoms with E-state index in [2.05, 4.69) is 0 Å². The largest absolute Gasteiger partial charge is 0.489 e. The van der Waals surface area contributed by atoms with Crippen LogP contribution in [0, 0.1) is 0 Å². The molecule has 3 atom stereocenters. The minimum atomic E-state index is -0.826. The first-order chi connectivity index (χ1) is 14.9. The van der Waals surface area contributed by atoms with Gasteiger partial charge in [0.05, 0.1) is 0 Å². The van der Waals surface area contributed by atoms with Gasteiger partial charge in [0.2, 0.25) is 0 Å². The molecule has 31 heavy (non-hydrogen) atoms. The third kappa shape index (κ3) is 6.48. The van der Waals surface area contributed by atoms with Crippen molar-refractivity contribution in [3.63, 3.8) is 0 Å². The molecule has 2 aromatic carbocycles. The summed E-state index contributed by atoms with van der Waals surface area (Å²) in [6.45, 7) is 5.92. The lowest BCUT2D eigenvalue weighted by Gasteiger charge is -2.40. The molecule has 6 heteroatoms. The Hall–Kier alpha value is -3.02. The van der Waals surface area contributed by atoms with Crippen molar-refractivity contribution in [3.8, 4) is 11.5 Å². The molecular weight excluding hydrogens is 394 g/mol. The Kier molecular flexibility index (Phi) is 7.93. The molecule has 1 heterocycles. The predicted molar refractivity (Wildman–Crippen MR) is 118 cm³/mol. The summed E-state index contributed by atoms with van der Waals surface area (Å²) in [4.78, 5) is 26.7. The van der Waals surface area contributed by atoms with E-state index in [-0.39, 0.29) is 24.6 Å². The van der Waals surface area contributed by atoms with Gasteiger partial charge in [0.15, 0.2) is 12.7 Å². The monoisotopic (exact) mass is 425 g/mol. The van der Waals surface area contributed by atoms with Crippen LogP contribution < -0.4 is 9.47 Å². The van der Waals surface area contributed by atoms with Crippen LogP contribution >= 0.6 is 0 Å². The van der Waals surface area contributed by atoms with Gasteiger partial charge in [0, 0.05) is 12.1 Å². The highest BCUT2D eigenvalue weighted by molar-refractivity contribution is 5.84. The predicted octanol–water partition coefficient (Wildman–Crippen LogP) is 4.37. The molecule has 1 aliphatic heterocycles. The van der Waals surface area contributed by atoms with Gasteiger partial charge in [-0.15, -0.1) is 0 Å². The Labute approximate surface area is 184 Å². The molecule has 2 aromatic rings. The lowest BCUT2D eigenvalue weighted by atomic mass is 9.97. The number of esters is 1. The van der Waals surface area contributed by atoms with Crippen molar-refractivity contribution in [2.75, 3.05) is 6.61 Å². The van der Waals surface area contributed by atoms with Gasteiger partial charge in [0.1, 0.15) is 18.1 Å². The van der Waals surface area contributed by atoms with E-state index in [4.69, 9.17) is 14.2 Å². The van der Waals surface area contributed by atoms with Gasteiger partial charge in [-0.2, -0.15) is 0 Å². The van der Waals surface area contributed by atoms with Crippen LogP contribution in [0.25, 0.3) is 0 Å². The number of carbonyl (C=O) groups is 2. The van der Waals surface area contributed by atoms with Crippen molar-refractivity contribution >= 4 is 11.9 Å². The standard InChI is InChI=1S/C25H31NO5/c1-18-8-7-9-19(2)26(18)25(28)20(3)31-24(27)17-30-23-14-12-22(13-15-23)29-16-21-10-5-4-6-11-21/h4-6,10-15,18-20H,7-9,16-17H2,1-3H3/t18-,19-,20-/m1/s1. The maximum absolute atomic E-state index is 12.7. The number of hydrogen-bond acceptors (Lipinski definition) is 5. The highest BCUT2D eigenvalue weighted by Crippen LogP contribution is 2.24. The van der Waals surface area contributed by atoms with Crippen LogP contribution in [0.5, 0.6) is 11.5 Å². The Morgan fingerprint density at radius 1 is 0.935 bits per heavy atom. The van der Waals surface area contributed by atoms with E-state index >= 15 is 0 Å². The van der Waals surface area contributed by atoms with Gasteiger partial charge >= 0.3 is 5.97 Å². The molecule has 0 radical (unpaired) electrons. The molecule has 0 spiro atoms. The van der Waals surface area contributed by atoms with Gasteiger partial charge in [-0.1, -0.05) is 30.3 Å². The van der Waals surface area contributed by atoms with Gasteiger partial charge in [0.25, 0.3) is 5.91 Å². The number of nitrogens with zero attached hydrogens (tertiary/aromatic N) is 1. The van der Waals surface area contributed by atoms with Crippen LogP contribution in [0.1, 0.15) is 45.6 Å². The van der Waals surface area contributed by atoms with E-state index in [1.54, 1.807) is 31.2 Å². The van der Waals surface area contributed by atoms with E-state index < -0.39 is 12.1 Å². The van der Waals surface area contributed by atoms with Crippen molar-refractivity contribution in [1.29, 1.82) is 0 Å². The Balaban J connectivity index is 1.43. The van der Waals surface area contributed by atoms with Crippen LogP contribution in [0.15, 0.2) is 54.6 Å². The third-order valence-corrected chi connectivity index (χ3v) is 5.53. The van der Waals surface area contributed by atoms with E-state index in [1.165, 1.54) is 0 Å². The first kappa shape index (κ1) is 22.7. The lowest BCUT2D eigenvalue weighted by molar-refractivity contribution is -0.163. The molecule has 1 saturated heterocycles. The summed E-state index contributed by atoms with van der Waals surface area (Å²) >= 11 is 0. The molecule has 1 amide bonds. The average molecular weight is 426 g/mol. The summed E-state index contributed by atoms with van der Waals surface area (Å²) in [5, 5.41) is 0. The topological polar surface area (TPSA) is 65.1 Å². The van der Waals surface area contributed by atoms with Crippen molar-refractivity contribution in [1.82, 2.24) is 4.90 Å². The first-order valence-corrected chi connectivity index (χ1v) is 10.9. The Morgan fingerprint density at radius 2 is 1.52 bits per heavy atom. The number of hydrogen-bond donors (Lipinski definition) is 0. The number of carbonyl (C=O) groups excluding carboxylic acids is 2. The fourth-order valence-corrected chi connectivity index (χ4v) is 3.86. The number of ether oxygens (including phenoxy) is 3. The van der Waals surface area contributed by atoms with Gasteiger partial charge in [-0.05, 0) is 69.9 Å². The highest BCUT2D eigenvalue weighted by Gasteiger charge is 2.33. The Morgan fingerprint density at radius 3 is 2.13 bits per heavy atom. The van der Waals surface area contributed by atoms with Gasteiger partial charge < -0.3 is 19.1 Å². The van der Waals surface area contributed by atoms with Crippen LogP contribution in [0.2, 0.25) is 0 Å². The molecular formula is C25H31NO5. The second kappa shape index (κ2) is 10.8. The van der Waals surface area contributed by atoms with E-state index in [1.807, 2.05) is 49.1 Å². The molecule has 0 N–H and O–H groups in total. The lowest BCUT2D eigenvalue weighted by Crippen LogP contribution is -2.51. The molecule has 6 nitrogen and oxygen atoms in total. The summed E-state index contributed by atoms with van der Waals surface area (Å²) in [5.41, 5.74) is 1.09. The summed E-state index contributed by atoms with van der Waals surface area (Å²) in [6.07, 6.45) is 2.24. The summed E-state index contributed by atoms with van der Waals surface area (Å²) in [6, 6.07) is 17.3. The number of rotatable bonds is 8. The fourth-order valence-electron chi connectivity index (χ4n) is 3.86. The maximum Gasteiger partial charge on any atom is 0.344 e. The van der Waals surface area contributed by atoms with Gasteiger partial charge in [-0.25, -0.2) is 4.79 Å². The second-order valence-corrected chi connectivity index (χ2v) is 8.04. The smallest absolute Gasteiger partial charge is 0.344 e.